The number of likely N-dealkylation sites (tertiary alicyclic amines) is 1. The fourth-order valence-electron chi connectivity index (χ4n) is 3.53. The summed E-state index contributed by atoms with van der Waals surface area (Å²) >= 11 is 0. The van der Waals surface area contributed by atoms with Crippen LogP contribution < -0.4 is 5.32 Å². The first-order chi connectivity index (χ1) is 9.03. The van der Waals surface area contributed by atoms with Gasteiger partial charge in [-0.1, -0.05) is 0 Å². The summed E-state index contributed by atoms with van der Waals surface area (Å²) in [7, 11) is 1.47. The summed E-state index contributed by atoms with van der Waals surface area (Å²) in [6.07, 6.45) is 5.20. The van der Waals surface area contributed by atoms with Gasteiger partial charge in [0.05, 0.1) is 12.5 Å². The Balaban J connectivity index is 1.78. The van der Waals surface area contributed by atoms with Gasteiger partial charge in [0.1, 0.15) is 0 Å². The molecule has 19 heavy (non-hydrogen) atoms. The van der Waals surface area contributed by atoms with Crippen LogP contribution in [-0.4, -0.2) is 50.2 Å². The van der Waals surface area contributed by atoms with Crippen LogP contribution in [-0.2, 0) is 9.53 Å². The van der Waals surface area contributed by atoms with Crippen molar-refractivity contribution in [3.05, 3.63) is 0 Å². The molecule has 1 unspecified atom stereocenters. The molecule has 2 fully saturated rings. The summed E-state index contributed by atoms with van der Waals surface area (Å²) in [5.74, 6) is 0.729. The minimum absolute atomic E-state index is 0.105. The van der Waals surface area contributed by atoms with Gasteiger partial charge in [0.15, 0.2) is 0 Å². The zero-order chi connectivity index (χ0) is 13.9. The topological polar surface area (TPSA) is 41.6 Å². The first-order valence-electron chi connectivity index (χ1n) is 7.57. The molecule has 2 saturated heterocycles. The van der Waals surface area contributed by atoms with Crippen LogP contribution >= 0.6 is 0 Å². The minimum atomic E-state index is -0.396. The van der Waals surface area contributed by atoms with Crippen LogP contribution in [0.3, 0.4) is 0 Å². The smallest absolute Gasteiger partial charge is 0.312 e. The third-order valence-corrected chi connectivity index (χ3v) is 4.66. The van der Waals surface area contributed by atoms with Gasteiger partial charge in [-0.2, -0.15) is 0 Å². The molecule has 0 aliphatic carbocycles. The van der Waals surface area contributed by atoms with Crippen LogP contribution in [0.1, 0.15) is 39.5 Å². The molecule has 0 bridgehead atoms. The van der Waals surface area contributed by atoms with Gasteiger partial charge in [-0.3, -0.25) is 4.79 Å². The van der Waals surface area contributed by atoms with E-state index in [9.17, 15) is 4.79 Å². The average Bonchev–Trinajstić information content (AvgIpc) is 2.92. The lowest BCUT2D eigenvalue weighted by atomic mass is 9.86. The molecule has 0 radical (unpaired) electrons. The van der Waals surface area contributed by atoms with Crippen LogP contribution in [0.4, 0.5) is 0 Å². The Morgan fingerprint density at radius 2 is 2.00 bits per heavy atom. The van der Waals surface area contributed by atoms with Gasteiger partial charge < -0.3 is 15.0 Å². The van der Waals surface area contributed by atoms with Crippen molar-refractivity contribution < 1.29 is 9.53 Å². The van der Waals surface area contributed by atoms with Crippen molar-refractivity contribution in [2.45, 2.75) is 45.6 Å². The van der Waals surface area contributed by atoms with Crippen molar-refractivity contribution in [1.29, 1.82) is 0 Å². The molecule has 1 atom stereocenters. The monoisotopic (exact) mass is 268 g/mol. The quantitative estimate of drug-likeness (QED) is 0.787. The molecule has 2 heterocycles. The molecule has 0 saturated carbocycles. The van der Waals surface area contributed by atoms with E-state index in [-0.39, 0.29) is 5.97 Å². The molecule has 110 valence electrons. The number of carbonyl (C=O) groups is 1. The van der Waals surface area contributed by atoms with Crippen LogP contribution in [0, 0.1) is 11.3 Å². The van der Waals surface area contributed by atoms with E-state index in [2.05, 4.69) is 10.2 Å². The van der Waals surface area contributed by atoms with Gasteiger partial charge >= 0.3 is 5.97 Å². The number of rotatable bonds is 4. The second-order valence-electron chi connectivity index (χ2n) is 6.69. The number of nitrogens with zero attached hydrogens (tertiary/aromatic N) is 1. The average molecular weight is 268 g/mol. The fraction of sp³-hybridized carbons (Fsp3) is 0.933. The van der Waals surface area contributed by atoms with Crippen molar-refractivity contribution in [3.8, 4) is 0 Å². The third-order valence-electron chi connectivity index (χ3n) is 4.66. The van der Waals surface area contributed by atoms with Gasteiger partial charge in [-0.05, 0) is 65.1 Å². The van der Waals surface area contributed by atoms with E-state index < -0.39 is 5.41 Å². The lowest BCUT2D eigenvalue weighted by molar-refractivity contribution is -0.152. The summed E-state index contributed by atoms with van der Waals surface area (Å²) in [6.45, 7) is 8.18. The van der Waals surface area contributed by atoms with E-state index in [1.807, 2.05) is 13.8 Å². The van der Waals surface area contributed by atoms with E-state index in [4.69, 9.17) is 4.74 Å². The Labute approximate surface area is 116 Å². The SMILES string of the molecule is COC(=O)C(C)(C)CN1CCC(C2CCCN2)CC1. The Morgan fingerprint density at radius 3 is 2.53 bits per heavy atom. The molecule has 0 amide bonds. The zero-order valence-corrected chi connectivity index (χ0v) is 12.6. The summed E-state index contributed by atoms with van der Waals surface area (Å²) in [6, 6.07) is 0.746. The first kappa shape index (κ1) is 14.8. The van der Waals surface area contributed by atoms with Crippen molar-refractivity contribution in [2.75, 3.05) is 33.3 Å². The zero-order valence-electron chi connectivity index (χ0n) is 12.6. The fourth-order valence-corrected chi connectivity index (χ4v) is 3.53. The van der Waals surface area contributed by atoms with Crippen molar-refractivity contribution in [3.63, 3.8) is 0 Å². The predicted molar refractivity (Wildman–Crippen MR) is 76.0 cm³/mol. The second-order valence-corrected chi connectivity index (χ2v) is 6.69. The van der Waals surface area contributed by atoms with E-state index >= 15 is 0 Å². The van der Waals surface area contributed by atoms with E-state index in [0.717, 1.165) is 31.6 Å². The Hall–Kier alpha value is -0.610. The van der Waals surface area contributed by atoms with Crippen LogP contribution in [0.2, 0.25) is 0 Å². The highest BCUT2D eigenvalue weighted by Gasteiger charge is 2.34. The number of hydrogen-bond donors (Lipinski definition) is 1. The number of methoxy groups -OCH3 is 1. The minimum Gasteiger partial charge on any atom is -0.469 e. The summed E-state index contributed by atoms with van der Waals surface area (Å²) in [4.78, 5) is 14.1. The molecule has 2 aliphatic heterocycles. The van der Waals surface area contributed by atoms with Gasteiger partial charge in [-0.15, -0.1) is 0 Å². The molecule has 4 heteroatoms. The molecule has 0 aromatic heterocycles. The van der Waals surface area contributed by atoms with Crippen LogP contribution in [0.15, 0.2) is 0 Å². The molecule has 2 rings (SSSR count). The molecule has 0 spiro atoms. The van der Waals surface area contributed by atoms with Crippen LogP contribution in [0.5, 0.6) is 0 Å². The highest BCUT2D eigenvalue weighted by Crippen LogP contribution is 2.28. The standard InChI is InChI=1S/C15H28N2O2/c1-15(2,14(18)19-3)11-17-9-6-12(7-10-17)13-5-4-8-16-13/h12-13,16H,4-11H2,1-3H3. The number of hydrogen-bond acceptors (Lipinski definition) is 4. The maximum Gasteiger partial charge on any atom is 0.312 e. The van der Waals surface area contributed by atoms with Gasteiger partial charge in [0.25, 0.3) is 0 Å². The maximum atomic E-state index is 11.7. The van der Waals surface area contributed by atoms with Crippen molar-refractivity contribution >= 4 is 5.97 Å². The maximum absolute atomic E-state index is 11.7. The van der Waals surface area contributed by atoms with E-state index in [1.54, 1.807) is 0 Å². The summed E-state index contributed by atoms with van der Waals surface area (Å²) in [5, 5.41) is 3.62. The summed E-state index contributed by atoms with van der Waals surface area (Å²) in [5.41, 5.74) is -0.396. The number of nitrogens with one attached hydrogen (secondary N) is 1. The predicted octanol–water partition coefficient (Wildman–Crippen LogP) is 1.65. The molecule has 2 aliphatic rings. The van der Waals surface area contributed by atoms with Crippen molar-refractivity contribution in [1.82, 2.24) is 10.2 Å². The Bertz CT molecular complexity index is 303. The lowest BCUT2D eigenvalue weighted by Crippen LogP contribution is -2.46. The number of ether oxygens (including phenoxy) is 1. The number of piperidine rings is 1. The normalized spacial score (nSPS) is 26.6. The van der Waals surface area contributed by atoms with Crippen molar-refractivity contribution in [2.24, 2.45) is 11.3 Å². The third kappa shape index (κ3) is 3.69. The Morgan fingerprint density at radius 1 is 1.32 bits per heavy atom. The molecular weight excluding hydrogens is 240 g/mol. The lowest BCUT2D eigenvalue weighted by Gasteiger charge is -2.38. The second kappa shape index (κ2) is 6.23. The highest BCUT2D eigenvalue weighted by molar-refractivity contribution is 5.76. The number of carbonyl (C=O) groups excluding carboxylic acids is 1. The molecular formula is C15H28N2O2. The molecule has 1 N–H and O–H groups in total. The largest absolute Gasteiger partial charge is 0.469 e. The molecule has 4 nitrogen and oxygen atoms in total. The molecule has 0 aromatic rings. The van der Waals surface area contributed by atoms with Crippen LogP contribution in [0.25, 0.3) is 0 Å². The first-order valence-corrected chi connectivity index (χ1v) is 7.57. The summed E-state index contributed by atoms with van der Waals surface area (Å²) < 4.78 is 4.88. The number of esters is 1. The molecule has 0 aromatic carbocycles. The van der Waals surface area contributed by atoms with Gasteiger partial charge in [0.2, 0.25) is 0 Å². The Kier molecular flexibility index (Phi) is 4.85. The van der Waals surface area contributed by atoms with Gasteiger partial charge in [0, 0.05) is 12.6 Å². The highest BCUT2D eigenvalue weighted by atomic mass is 16.5. The van der Waals surface area contributed by atoms with E-state index in [0.29, 0.717) is 0 Å². The van der Waals surface area contributed by atoms with E-state index in [1.165, 1.54) is 39.3 Å². The van der Waals surface area contributed by atoms with Gasteiger partial charge in [-0.25, -0.2) is 0 Å².